The highest BCUT2D eigenvalue weighted by atomic mass is 79.9. The fourth-order valence-electron chi connectivity index (χ4n) is 2.02. The number of phenolic OH excluding ortho intramolecular Hbond substituents is 1. The fraction of sp³-hybridized carbons (Fsp3) is 0.500. The zero-order valence-electron chi connectivity index (χ0n) is 9.55. The summed E-state index contributed by atoms with van der Waals surface area (Å²) in [5, 5.41) is 12.9. The summed E-state index contributed by atoms with van der Waals surface area (Å²) >= 11 is 3.14. The SMILES string of the molecule is Oc1ccc(Br)c(F)c1CCN1CCNCC1. The molecule has 1 fully saturated rings. The molecular weight excluding hydrogens is 287 g/mol. The number of nitrogens with one attached hydrogen (secondary N) is 1. The molecule has 1 aromatic rings. The quantitative estimate of drug-likeness (QED) is 0.893. The smallest absolute Gasteiger partial charge is 0.144 e. The van der Waals surface area contributed by atoms with Crippen molar-refractivity contribution in [1.82, 2.24) is 10.2 Å². The first-order valence-electron chi connectivity index (χ1n) is 5.77. The molecule has 1 aliphatic rings. The van der Waals surface area contributed by atoms with Crippen LogP contribution in [-0.4, -0.2) is 42.7 Å². The second-order valence-corrected chi connectivity index (χ2v) is 5.06. The normalized spacial score (nSPS) is 17.3. The molecular formula is C12H16BrFN2O. The van der Waals surface area contributed by atoms with E-state index in [1.54, 1.807) is 0 Å². The molecule has 94 valence electrons. The van der Waals surface area contributed by atoms with Gasteiger partial charge in [0.25, 0.3) is 0 Å². The van der Waals surface area contributed by atoms with Crippen molar-refractivity contribution in [3.05, 3.63) is 28.0 Å². The van der Waals surface area contributed by atoms with Gasteiger partial charge in [-0.3, -0.25) is 0 Å². The molecule has 1 aliphatic heterocycles. The summed E-state index contributed by atoms with van der Waals surface area (Å²) < 4.78 is 14.2. The molecule has 0 radical (unpaired) electrons. The number of rotatable bonds is 3. The maximum atomic E-state index is 13.8. The summed E-state index contributed by atoms with van der Waals surface area (Å²) in [5.74, 6) is -0.305. The summed E-state index contributed by atoms with van der Waals surface area (Å²) in [5.41, 5.74) is 0.401. The van der Waals surface area contributed by atoms with E-state index >= 15 is 0 Å². The van der Waals surface area contributed by atoms with Crippen LogP contribution in [0.4, 0.5) is 4.39 Å². The highest BCUT2D eigenvalue weighted by molar-refractivity contribution is 9.10. The monoisotopic (exact) mass is 302 g/mol. The van der Waals surface area contributed by atoms with Crippen molar-refractivity contribution in [2.45, 2.75) is 6.42 Å². The third-order valence-corrected chi connectivity index (χ3v) is 3.67. The van der Waals surface area contributed by atoms with Gasteiger partial charge in [0, 0.05) is 38.3 Å². The number of phenols is 1. The van der Waals surface area contributed by atoms with E-state index < -0.39 is 0 Å². The molecule has 1 saturated heterocycles. The van der Waals surface area contributed by atoms with Crippen LogP contribution in [0.5, 0.6) is 5.75 Å². The number of halogens is 2. The van der Waals surface area contributed by atoms with Gasteiger partial charge in [0.1, 0.15) is 11.6 Å². The molecule has 1 heterocycles. The maximum Gasteiger partial charge on any atom is 0.144 e. The molecule has 3 nitrogen and oxygen atoms in total. The van der Waals surface area contributed by atoms with Gasteiger partial charge in [-0.1, -0.05) is 0 Å². The van der Waals surface area contributed by atoms with Crippen LogP contribution >= 0.6 is 15.9 Å². The Bertz CT molecular complexity index is 394. The Labute approximate surface area is 109 Å². The average molecular weight is 303 g/mol. The van der Waals surface area contributed by atoms with Crippen LogP contribution in [0, 0.1) is 5.82 Å². The van der Waals surface area contributed by atoms with E-state index in [9.17, 15) is 9.50 Å². The zero-order chi connectivity index (χ0) is 12.3. The highest BCUT2D eigenvalue weighted by Crippen LogP contribution is 2.27. The van der Waals surface area contributed by atoms with Crippen LogP contribution in [0.25, 0.3) is 0 Å². The van der Waals surface area contributed by atoms with E-state index in [4.69, 9.17) is 0 Å². The summed E-state index contributed by atoms with van der Waals surface area (Å²) in [7, 11) is 0. The summed E-state index contributed by atoms with van der Waals surface area (Å²) in [4.78, 5) is 2.27. The summed E-state index contributed by atoms with van der Waals surface area (Å²) in [6.45, 7) is 4.70. The van der Waals surface area contributed by atoms with E-state index in [2.05, 4.69) is 26.1 Å². The van der Waals surface area contributed by atoms with E-state index in [1.807, 2.05) is 0 Å². The molecule has 0 saturated carbocycles. The largest absolute Gasteiger partial charge is 0.508 e. The van der Waals surface area contributed by atoms with Gasteiger partial charge in [-0.15, -0.1) is 0 Å². The molecule has 0 atom stereocenters. The van der Waals surface area contributed by atoms with E-state index in [0.29, 0.717) is 16.5 Å². The van der Waals surface area contributed by atoms with Gasteiger partial charge in [0.15, 0.2) is 0 Å². The van der Waals surface area contributed by atoms with Crippen molar-refractivity contribution in [1.29, 1.82) is 0 Å². The minimum absolute atomic E-state index is 0.0424. The fourth-order valence-corrected chi connectivity index (χ4v) is 2.40. The average Bonchev–Trinajstić information content (AvgIpc) is 2.35. The van der Waals surface area contributed by atoms with Gasteiger partial charge in [-0.2, -0.15) is 0 Å². The Morgan fingerprint density at radius 3 is 2.76 bits per heavy atom. The molecule has 2 rings (SSSR count). The predicted molar refractivity (Wildman–Crippen MR) is 68.8 cm³/mol. The summed E-state index contributed by atoms with van der Waals surface area (Å²) in [6.07, 6.45) is 0.539. The molecule has 0 aliphatic carbocycles. The van der Waals surface area contributed by atoms with Crippen molar-refractivity contribution in [3.63, 3.8) is 0 Å². The maximum absolute atomic E-state index is 13.8. The Hall–Kier alpha value is -0.650. The lowest BCUT2D eigenvalue weighted by molar-refractivity contribution is 0.242. The second kappa shape index (κ2) is 5.80. The molecule has 2 N–H and O–H groups in total. The van der Waals surface area contributed by atoms with Crippen molar-refractivity contribution in [2.24, 2.45) is 0 Å². The van der Waals surface area contributed by atoms with Gasteiger partial charge >= 0.3 is 0 Å². The minimum atomic E-state index is -0.347. The molecule has 17 heavy (non-hydrogen) atoms. The first kappa shape index (κ1) is 12.8. The first-order valence-corrected chi connectivity index (χ1v) is 6.56. The minimum Gasteiger partial charge on any atom is -0.508 e. The highest BCUT2D eigenvalue weighted by Gasteiger charge is 2.14. The standard InChI is InChI=1S/C12H16BrFN2O/c13-10-1-2-11(17)9(12(10)14)3-6-16-7-4-15-5-8-16/h1-2,15,17H,3-8H2. The van der Waals surface area contributed by atoms with Crippen LogP contribution in [-0.2, 0) is 6.42 Å². The predicted octanol–water partition coefficient (Wildman–Crippen LogP) is 1.74. The Morgan fingerprint density at radius 1 is 1.35 bits per heavy atom. The Morgan fingerprint density at radius 2 is 2.06 bits per heavy atom. The number of hydrogen-bond donors (Lipinski definition) is 2. The van der Waals surface area contributed by atoms with Gasteiger partial charge in [0.05, 0.1) is 4.47 Å². The number of benzene rings is 1. The molecule has 0 unspecified atom stereocenters. The van der Waals surface area contributed by atoms with E-state index in [1.165, 1.54) is 12.1 Å². The van der Waals surface area contributed by atoms with Gasteiger partial charge < -0.3 is 15.3 Å². The lowest BCUT2D eigenvalue weighted by atomic mass is 10.1. The number of piperazine rings is 1. The van der Waals surface area contributed by atoms with Crippen LogP contribution in [0.15, 0.2) is 16.6 Å². The second-order valence-electron chi connectivity index (χ2n) is 4.20. The topological polar surface area (TPSA) is 35.5 Å². The van der Waals surface area contributed by atoms with Crippen molar-refractivity contribution < 1.29 is 9.50 Å². The van der Waals surface area contributed by atoms with E-state index in [-0.39, 0.29) is 11.6 Å². The lowest BCUT2D eigenvalue weighted by Gasteiger charge is -2.27. The van der Waals surface area contributed by atoms with Gasteiger partial charge in [-0.05, 0) is 34.5 Å². The number of hydrogen-bond acceptors (Lipinski definition) is 3. The number of aromatic hydroxyl groups is 1. The van der Waals surface area contributed by atoms with E-state index in [0.717, 1.165) is 32.7 Å². The van der Waals surface area contributed by atoms with Crippen LogP contribution in [0.1, 0.15) is 5.56 Å². The van der Waals surface area contributed by atoms with Crippen LogP contribution < -0.4 is 5.32 Å². The molecule has 5 heteroatoms. The molecule has 0 amide bonds. The van der Waals surface area contributed by atoms with Crippen LogP contribution in [0.2, 0.25) is 0 Å². The number of nitrogens with zero attached hydrogens (tertiary/aromatic N) is 1. The van der Waals surface area contributed by atoms with Gasteiger partial charge in [0.2, 0.25) is 0 Å². The first-order chi connectivity index (χ1) is 8.18. The molecule has 0 aromatic heterocycles. The lowest BCUT2D eigenvalue weighted by Crippen LogP contribution is -2.44. The molecule has 1 aromatic carbocycles. The Kier molecular flexibility index (Phi) is 4.36. The van der Waals surface area contributed by atoms with Crippen molar-refractivity contribution in [3.8, 4) is 5.75 Å². The van der Waals surface area contributed by atoms with Crippen LogP contribution in [0.3, 0.4) is 0 Å². The molecule has 0 spiro atoms. The zero-order valence-corrected chi connectivity index (χ0v) is 11.1. The van der Waals surface area contributed by atoms with Crippen molar-refractivity contribution >= 4 is 15.9 Å². The summed E-state index contributed by atoms with van der Waals surface area (Å²) in [6, 6.07) is 3.05. The Balaban J connectivity index is 2.00. The van der Waals surface area contributed by atoms with Gasteiger partial charge in [-0.25, -0.2) is 4.39 Å². The molecule has 0 bridgehead atoms. The third-order valence-electron chi connectivity index (χ3n) is 3.06. The third kappa shape index (κ3) is 3.18. The van der Waals surface area contributed by atoms with Crippen molar-refractivity contribution in [2.75, 3.05) is 32.7 Å².